The maximum atomic E-state index is 13.1. The second-order valence-corrected chi connectivity index (χ2v) is 14.5. The van der Waals surface area contributed by atoms with Gasteiger partial charge >= 0.3 is 17.6 Å². The van der Waals surface area contributed by atoms with Gasteiger partial charge < -0.3 is 19.0 Å². The van der Waals surface area contributed by atoms with Crippen molar-refractivity contribution in [1.82, 2.24) is 0 Å². The Morgan fingerprint density at radius 2 is 1.74 bits per heavy atom. The van der Waals surface area contributed by atoms with Crippen molar-refractivity contribution in [1.29, 1.82) is 0 Å². The number of unbranched alkanes of at least 4 members (excludes halogenated alkanes) is 3. The molecule has 8 nitrogen and oxygen atoms in total. The van der Waals surface area contributed by atoms with E-state index in [0.29, 0.717) is 30.6 Å². The minimum absolute atomic E-state index is 0.0168. The van der Waals surface area contributed by atoms with Gasteiger partial charge in [-0.1, -0.05) is 26.7 Å². The van der Waals surface area contributed by atoms with Crippen LogP contribution in [0.25, 0.3) is 0 Å². The highest BCUT2D eigenvalue weighted by Crippen LogP contribution is 2.79. The topological polar surface area (TPSA) is 123 Å². The Kier molecular flexibility index (Phi) is 7.68. The molecule has 1 unspecified atom stereocenters. The predicted molar refractivity (Wildman–Crippen MR) is 154 cm³/mol. The second-order valence-electron chi connectivity index (χ2n) is 14.5. The van der Waals surface area contributed by atoms with Crippen molar-refractivity contribution in [3.63, 3.8) is 0 Å². The summed E-state index contributed by atoms with van der Waals surface area (Å²) in [5.41, 5.74) is 0.217. The SMILES string of the molecule is CC(=O)C1[C@H]2O[C@]23[C@@H]2CC[C@H]4C[C@@H](OC(=O)CCCCCCC(=O)O)CC[C@]4(C)[C@H]2CC[C@]3(C)[C@H]1c1ccc(=O)oc1. The number of ketones is 1. The molecular formula is C34H46O8. The number of hydrogen-bond donors (Lipinski definition) is 1. The summed E-state index contributed by atoms with van der Waals surface area (Å²) in [4.78, 5) is 48.1. The van der Waals surface area contributed by atoms with E-state index in [0.717, 1.165) is 69.8 Å². The van der Waals surface area contributed by atoms with E-state index in [1.807, 2.05) is 6.07 Å². The van der Waals surface area contributed by atoms with Crippen LogP contribution < -0.4 is 5.63 Å². The summed E-state index contributed by atoms with van der Waals surface area (Å²) in [6.45, 7) is 6.46. The molecule has 230 valence electrons. The quantitative estimate of drug-likeness (QED) is 0.201. The van der Waals surface area contributed by atoms with Crippen LogP contribution in [0.5, 0.6) is 0 Å². The molecule has 5 fully saturated rings. The average Bonchev–Trinajstić information content (AvgIpc) is 3.62. The van der Waals surface area contributed by atoms with Crippen molar-refractivity contribution in [2.75, 3.05) is 0 Å². The van der Waals surface area contributed by atoms with E-state index in [-0.39, 0.29) is 64.3 Å². The van der Waals surface area contributed by atoms with Crippen LogP contribution in [0.1, 0.15) is 116 Å². The summed E-state index contributed by atoms with van der Waals surface area (Å²) in [6, 6.07) is 3.32. The van der Waals surface area contributed by atoms with Gasteiger partial charge in [0.15, 0.2) is 0 Å². The minimum atomic E-state index is -0.768. The molecule has 0 amide bonds. The van der Waals surface area contributed by atoms with Gasteiger partial charge in [0.25, 0.3) is 0 Å². The largest absolute Gasteiger partial charge is 0.481 e. The highest BCUT2D eigenvalue weighted by atomic mass is 16.6. The van der Waals surface area contributed by atoms with Crippen molar-refractivity contribution in [3.05, 3.63) is 34.4 Å². The van der Waals surface area contributed by atoms with Crippen molar-refractivity contribution in [2.45, 2.75) is 128 Å². The molecule has 5 aliphatic rings. The monoisotopic (exact) mass is 582 g/mol. The molecule has 8 heteroatoms. The van der Waals surface area contributed by atoms with Gasteiger partial charge in [0.1, 0.15) is 17.5 Å². The third-order valence-electron chi connectivity index (χ3n) is 12.5. The number of Topliss-reactive ketones (excluding diaryl/α,β-unsaturated/α-hetero) is 1. The molecule has 10 atom stereocenters. The molecule has 0 radical (unpaired) electrons. The Labute approximate surface area is 247 Å². The van der Waals surface area contributed by atoms with Crippen LogP contribution in [0, 0.1) is 34.5 Å². The number of carboxylic acid groups (broad SMARTS) is 1. The molecule has 42 heavy (non-hydrogen) atoms. The Morgan fingerprint density at radius 3 is 2.43 bits per heavy atom. The molecule has 1 saturated heterocycles. The molecule has 4 aliphatic carbocycles. The molecule has 1 aromatic heterocycles. The van der Waals surface area contributed by atoms with Gasteiger partial charge in [-0.2, -0.15) is 0 Å². The van der Waals surface area contributed by atoms with Gasteiger partial charge in [0.2, 0.25) is 0 Å². The molecule has 0 aromatic carbocycles. The fourth-order valence-corrected chi connectivity index (χ4v) is 10.5. The fraction of sp³-hybridized carbons (Fsp3) is 0.765. The Morgan fingerprint density at radius 1 is 0.976 bits per heavy atom. The Balaban J connectivity index is 1.12. The smallest absolute Gasteiger partial charge is 0.335 e. The number of rotatable bonds is 10. The lowest BCUT2D eigenvalue weighted by atomic mass is 9.44. The van der Waals surface area contributed by atoms with Gasteiger partial charge in [-0.3, -0.25) is 14.4 Å². The summed E-state index contributed by atoms with van der Waals surface area (Å²) in [5.74, 6) is 0.431. The van der Waals surface area contributed by atoms with E-state index in [4.69, 9.17) is 19.0 Å². The standard InChI is InChI=1S/C34H46O8/c1-20(35)29-30(21-10-13-27(38)40-19-21)33(3)17-15-24-25(34(33)31(29)42-34)12-11-22-18-23(14-16-32(22,24)2)41-28(39)9-7-5-4-6-8-26(36)37/h10,13,19,22-25,29-31H,4-9,11-12,14-18H2,1-3H3,(H,36,37)/t22-,23-,24-,25+,29?,30-,31+,32-,33+,34+/m0/s1. The van der Waals surface area contributed by atoms with E-state index in [1.165, 1.54) is 6.07 Å². The zero-order valence-electron chi connectivity index (χ0n) is 25.3. The maximum absolute atomic E-state index is 13.1. The molecule has 1 N–H and O–H groups in total. The highest BCUT2D eigenvalue weighted by molar-refractivity contribution is 5.82. The summed E-state index contributed by atoms with van der Waals surface area (Å²) in [5, 5.41) is 8.76. The Bertz CT molecular complexity index is 1270. The fourth-order valence-electron chi connectivity index (χ4n) is 10.5. The zero-order valence-corrected chi connectivity index (χ0v) is 25.3. The van der Waals surface area contributed by atoms with Crippen molar-refractivity contribution in [3.8, 4) is 0 Å². The molecule has 2 heterocycles. The second kappa shape index (κ2) is 10.9. The molecule has 1 spiro atoms. The number of esters is 1. The minimum Gasteiger partial charge on any atom is -0.481 e. The summed E-state index contributed by atoms with van der Waals surface area (Å²) in [7, 11) is 0. The van der Waals surface area contributed by atoms with Crippen LogP contribution in [0.2, 0.25) is 0 Å². The number of hydrogen-bond acceptors (Lipinski definition) is 7. The van der Waals surface area contributed by atoms with Crippen molar-refractivity contribution >= 4 is 17.7 Å². The zero-order chi connectivity index (χ0) is 29.9. The number of ether oxygens (including phenoxy) is 2. The van der Waals surface area contributed by atoms with Crippen molar-refractivity contribution < 1.29 is 33.4 Å². The Hall–Kier alpha value is -2.48. The lowest BCUT2D eigenvalue weighted by Gasteiger charge is -2.61. The first kappa shape index (κ1) is 29.6. The molecule has 6 rings (SSSR count). The van der Waals surface area contributed by atoms with Crippen LogP contribution in [-0.2, 0) is 23.9 Å². The van der Waals surface area contributed by atoms with E-state index in [9.17, 15) is 19.2 Å². The van der Waals surface area contributed by atoms with E-state index in [1.54, 1.807) is 13.2 Å². The third kappa shape index (κ3) is 4.67. The lowest BCUT2D eigenvalue weighted by molar-refractivity contribution is -0.165. The van der Waals surface area contributed by atoms with Crippen LogP contribution in [-0.4, -0.2) is 40.6 Å². The normalized spacial score (nSPS) is 41.5. The van der Waals surface area contributed by atoms with Gasteiger partial charge in [-0.25, -0.2) is 4.79 Å². The lowest BCUT2D eigenvalue weighted by Crippen LogP contribution is -2.58. The molecule has 0 bridgehead atoms. The summed E-state index contributed by atoms with van der Waals surface area (Å²) >= 11 is 0. The number of fused-ring (bicyclic) bond motifs is 3. The van der Waals surface area contributed by atoms with Gasteiger partial charge in [-0.15, -0.1) is 0 Å². The molecular weight excluding hydrogens is 536 g/mol. The molecule has 4 saturated carbocycles. The van der Waals surface area contributed by atoms with E-state index in [2.05, 4.69) is 13.8 Å². The molecule has 1 aliphatic heterocycles. The van der Waals surface area contributed by atoms with Gasteiger partial charge in [-0.05, 0) is 99.5 Å². The number of carbonyl (C=O) groups is 3. The number of aliphatic carboxylic acids is 1. The van der Waals surface area contributed by atoms with E-state index < -0.39 is 5.97 Å². The first-order valence-corrected chi connectivity index (χ1v) is 16.2. The van der Waals surface area contributed by atoms with E-state index >= 15 is 0 Å². The maximum Gasteiger partial charge on any atom is 0.335 e. The average molecular weight is 583 g/mol. The van der Waals surface area contributed by atoms with Crippen LogP contribution >= 0.6 is 0 Å². The van der Waals surface area contributed by atoms with Gasteiger partial charge in [0.05, 0.1) is 18.3 Å². The first-order valence-electron chi connectivity index (χ1n) is 16.2. The van der Waals surface area contributed by atoms with Gasteiger partial charge in [0, 0.05) is 30.2 Å². The number of carbonyl (C=O) groups excluding carboxylic acids is 2. The van der Waals surface area contributed by atoms with Crippen LogP contribution in [0.4, 0.5) is 0 Å². The third-order valence-corrected chi connectivity index (χ3v) is 12.5. The first-order chi connectivity index (χ1) is 20.0. The number of epoxide rings is 1. The predicted octanol–water partition coefficient (Wildman–Crippen LogP) is 6.05. The van der Waals surface area contributed by atoms with Crippen LogP contribution in [0.15, 0.2) is 27.6 Å². The highest BCUT2D eigenvalue weighted by Gasteiger charge is 2.84. The number of carboxylic acids is 1. The van der Waals surface area contributed by atoms with Crippen molar-refractivity contribution in [2.24, 2.45) is 34.5 Å². The molecule has 1 aromatic rings. The summed E-state index contributed by atoms with van der Waals surface area (Å²) < 4.78 is 18.0. The summed E-state index contributed by atoms with van der Waals surface area (Å²) in [6.07, 6.45) is 12.2. The van der Waals surface area contributed by atoms with Crippen LogP contribution in [0.3, 0.4) is 0 Å².